The smallest absolute Gasteiger partial charge is 0.263 e. The maximum absolute atomic E-state index is 12.8. The Labute approximate surface area is 179 Å². The Kier molecular flexibility index (Phi) is 6.56. The van der Waals surface area contributed by atoms with Crippen molar-refractivity contribution < 1.29 is 9.53 Å². The summed E-state index contributed by atoms with van der Waals surface area (Å²) in [6.45, 7) is 3.59. The van der Waals surface area contributed by atoms with Gasteiger partial charge in [-0.05, 0) is 17.7 Å². The van der Waals surface area contributed by atoms with Crippen LogP contribution in [0.5, 0.6) is 0 Å². The van der Waals surface area contributed by atoms with E-state index >= 15 is 0 Å². The van der Waals surface area contributed by atoms with Crippen LogP contribution in [0.3, 0.4) is 0 Å². The van der Waals surface area contributed by atoms with Gasteiger partial charge in [0.05, 0.1) is 25.5 Å². The van der Waals surface area contributed by atoms with Crippen LogP contribution in [0.4, 0.5) is 0 Å². The summed E-state index contributed by atoms with van der Waals surface area (Å²) >= 11 is 7.46. The second-order valence-corrected chi connectivity index (χ2v) is 8.29. The number of hydrogen-bond donors (Lipinski definition) is 1. The molecule has 150 valence electrons. The molecule has 1 aliphatic heterocycles. The molecular weight excluding hydrogens is 406 g/mol. The summed E-state index contributed by atoms with van der Waals surface area (Å²) in [6.07, 6.45) is 1.65. The first kappa shape index (κ1) is 20.0. The standard InChI is InChI=1S/C22H22ClN3O2S/c23-18-8-6-16(7-9-18)19(26-10-12-28-13-11-26)14-24-21(27)20-15-25-22(29-20)17-4-2-1-3-5-17/h1-9,15,19H,10-14H2,(H,24,27). The molecule has 5 nitrogen and oxygen atoms in total. The number of aromatic nitrogens is 1. The largest absolute Gasteiger partial charge is 0.379 e. The fourth-order valence-corrected chi connectivity index (χ4v) is 4.37. The number of carbonyl (C=O) groups excluding carboxylic acids is 1. The minimum Gasteiger partial charge on any atom is -0.379 e. The molecule has 2 heterocycles. The van der Waals surface area contributed by atoms with Crippen molar-refractivity contribution in [2.75, 3.05) is 32.8 Å². The van der Waals surface area contributed by atoms with Gasteiger partial charge >= 0.3 is 0 Å². The van der Waals surface area contributed by atoms with Crippen molar-refractivity contribution in [3.63, 3.8) is 0 Å². The van der Waals surface area contributed by atoms with E-state index in [2.05, 4.69) is 15.2 Å². The summed E-state index contributed by atoms with van der Waals surface area (Å²) < 4.78 is 5.49. The monoisotopic (exact) mass is 427 g/mol. The van der Waals surface area contributed by atoms with Crippen LogP contribution >= 0.6 is 22.9 Å². The number of rotatable bonds is 6. The molecule has 1 aliphatic rings. The zero-order valence-electron chi connectivity index (χ0n) is 15.9. The molecule has 1 amide bonds. The Hall–Kier alpha value is -2.25. The summed E-state index contributed by atoms with van der Waals surface area (Å²) in [5.41, 5.74) is 2.15. The van der Waals surface area contributed by atoms with Crippen molar-refractivity contribution in [1.29, 1.82) is 0 Å². The van der Waals surface area contributed by atoms with Crippen molar-refractivity contribution in [2.24, 2.45) is 0 Å². The molecule has 1 saturated heterocycles. The third-order valence-corrected chi connectivity index (χ3v) is 6.24. The fourth-order valence-electron chi connectivity index (χ4n) is 3.40. The van der Waals surface area contributed by atoms with Gasteiger partial charge in [-0.15, -0.1) is 11.3 Å². The van der Waals surface area contributed by atoms with Gasteiger partial charge in [-0.25, -0.2) is 4.98 Å². The maximum atomic E-state index is 12.8. The number of nitrogens with zero attached hydrogens (tertiary/aromatic N) is 2. The highest BCUT2D eigenvalue weighted by Gasteiger charge is 2.24. The molecule has 1 fully saturated rings. The number of ether oxygens (including phenoxy) is 1. The van der Waals surface area contributed by atoms with Crippen LogP contribution in [0.1, 0.15) is 21.3 Å². The van der Waals surface area contributed by atoms with Crippen LogP contribution in [0.2, 0.25) is 5.02 Å². The highest BCUT2D eigenvalue weighted by Crippen LogP contribution is 2.26. The van der Waals surface area contributed by atoms with Crippen LogP contribution in [0.25, 0.3) is 10.6 Å². The van der Waals surface area contributed by atoms with Gasteiger partial charge in [0.2, 0.25) is 0 Å². The van der Waals surface area contributed by atoms with Crippen molar-refractivity contribution in [2.45, 2.75) is 6.04 Å². The van der Waals surface area contributed by atoms with Gasteiger partial charge in [0.1, 0.15) is 9.88 Å². The van der Waals surface area contributed by atoms with Crippen LogP contribution < -0.4 is 5.32 Å². The van der Waals surface area contributed by atoms with E-state index in [1.165, 1.54) is 11.3 Å². The van der Waals surface area contributed by atoms with Crippen molar-refractivity contribution in [3.8, 4) is 10.6 Å². The van der Waals surface area contributed by atoms with Gasteiger partial charge in [0.15, 0.2) is 0 Å². The van der Waals surface area contributed by atoms with Gasteiger partial charge in [0.25, 0.3) is 5.91 Å². The first-order chi connectivity index (χ1) is 14.2. The highest BCUT2D eigenvalue weighted by molar-refractivity contribution is 7.16. The average Bonchev–Trinajstić information content (AvgIpc) is 3.27. The van der Waals surface area contributed by atoms with Gasteiger partial charge in [-0.1, -0.05) is 54.1 Å². The van der Waals surface area contributed by atoms with Gasteiger partial charge < -0.3 is 10.1 Å². The van der Waals surface area contributed by atoms with Crippen molar-refractivity contribution in [1.82, 2.24) is 15.2 Å². The highest BCUT2D eigenvalue weighted by atomic mass is 35.5. The molecule has 0 saturated carbocycles. The average molecular weight is 428 g/mol. The normalized spacial score (nSPS) is 15.8. The summed E-state index contributed by atoms with van der Waals surface area (Å²) in [5.74, 6) is -0.100. The number of halogens is 1. The lowest BCUT2D eigenvalue weighted by molar-refractivity contribution is 0.0162. The Morgan fingerprint density at radius 1 is 1.14 bits per heavy atom. The van der Waals surface area contributed by atoms with E-state index < -0.39 is 0 Å². The van der Waals surface area contributed by atoms with Gasteiger partial charge in [-0.2, -0.15) is 0 Å². The number of carbonyl (C=O) groups is 1. The van der Waals surface area contributed by atoms with Crippen LogP contribution in [-0.2, 0) is 4.74 Å². The number of nitrogens with one attached hydrogen (secondary N) is 1. The molecule has 1 unspecified atom stereocenters. The number of morpholine rings is 1. The molecule has 29 heavy (non-hydrogen) atoms. The van der Waals surface area contributed by atoms with Crippen LogP contribution in [0.15, 0.2) is 60.8 Å². The van der Waals surface area contributed by atoms with E-state index in [4.69, 9.17) is 16.3 Å². The van der Waals surface area contributed by atoms with E-state index in [0.29, 0.717) is 29.7 Å². The summed E-state index contributed by atoms with van der Waals surface area (Å²) in [6, 6.07) is 17.8. The SMILES string of the molecule is O=C(NCC(c1ccc(Cl)cc1)N1CCOCC1)c1cnc(-c2ccccc2)s1. The first-order valence-corrected chi connectivity index (χ1v) is 10.8. The van der Waals surface area contributed by atoms with Gasteiger partial charge in [0, 0.05) is 30.2 Å². The third-order valence-electron chi connectivity index (χ3n) is 4.95. The molecule has 0 spiro atoms. The molecule has 1 N–H and O–H groups in total. The zero-order valence-corrected chi connectivity index (χ0v) is 17.5. The Morgan fingerprint density at radius 3 is 2.59 bits per heavy atom. The minimum atomic E-state index is -0.100. The topological polar surface area (TPSA) is 54.5 Å². The Morgan fingerprint density at radius 2 is 1.86 bits per heavy atom. The van der Waals surface area contributed by atoms with E-state index in [9.17, 15) is 4.79 Å². The van der Waals surface area contributed by atoms with Crippen LogP contribution in [0, 0.1) is 0 Å². The summed E-state index contributed by atoms with van der Waals surface area (Å²) in [4.78, 5) is 20.1. The number of hydrogen-bond acceptors (Lipinski definition) is 5. The molecule has 3 aromatic rings. The summed E-state index contributed by atoms with van der Waals surface area (Å²) in [7, 11) is 0. The predicted molar refractivity (Wildman–Crippen MR) is 116 cm³/mol. The number of amides is 1. The summed E-state index contributed by atoms with van der Waals surface area (Å²) in [5, 5.41) is 4.64. The minimum absolute atomic E-state index is 0.0710. The number of thiazole rings is 1. The number of benzene rings is 2. The van der Waals surface area contributed by atoms with E-state index in [1.54, 1.807) is 6.20 Å². The predicted octanol–water partition coefficient (Wildman–Crippen LogP) is 4.27. The lowest BCUT2D eigenvalue weighted by atomic mass is 10.0. The molecule has 0 bridgehead atoms. The van der Waals surface area contributed by atoms with E-state index in [1.807, 2.05) is 54.6 Å². The molecule has 4 rings (SSSR count). The quantitative estimate of drug-likeness (QED) is 0.638. The molecule has 0 radical (unpaired) electrons. The molecule has 1 aromatic heterocycles. The molecule has 7 heteroatoms. The lowest BCUT2D eigenvalue weighted by Crippen LogP contribution is -2.43. The maximum Gasteiger partial charge on any atom is 0.263 e. The zero-order chi connectivity index (χ0) is 20.1. The van der Waals surface area contributed by atoms with Gasteiger partial charge in [-0.3, -0.25) is 9.69 Å². The van der Waals surface area contributed by atoms with Crippen molar-refractivity contribution in [3.05, 3.63) is 76.3 Å². The Bertz CT molecular complexity index is 940. The molecule has 2 aromatic carbocycles. The third kappa shape index (κ3) is 5.03. The fraction of sp³-hybridized carbons (Fsp3) is 0.273. The molecule has 1 atom stereocenters. The molecule has 0 aliphatic carbocycles. The van der Waals surface area contributed by atoms with E-state index in [-0.39, 0.29) is 11.9 Å². The lowest BCUT2D eigenvalue weighted by Gasteiger charge is -2.34. The van der Waals surface area contributed by atoms with Crippen molar-refractivity contribution >= 4 is 28.8 Å². The second kappa shape index (κ2) is 9.50. The molecular formula is C22H22ClN3O2S. The van der Waals surface area contributed by atoms with Crippen LogP contribution in [-0.4, -0.2) is 48.6 Å². The first-order valence-electron chi connectivity index (χ1n) is 9.57. The van der Waals surface area contributed by atoms with E-state index in [0.717, 1.165) is 29.2 Å². The second-order valence-electron chi connectivity index (χ2n) is 6.82. The Balaban J connectivity index is 1.46.